The number of nitriles is 1. The minimum absolute atomic E-state index is 0.0251. The molecule has 0 aliphatic rings. The summed E-state index contributed by atoms with van der Waals surface area (Å²) in [6, 6.07) is 17.8. The molecule has 0 saturated carbocycles. The smallest absolute Gasteiger partial charge is 0.382 e. The van der Waals surface area contributed by atoms with Crippen molar-refractivity contribution in [1.82, 2.24) is 10.6 Å². The third-order valence-corrected chi connectivity index (χ3v) is 6.45. The van der Waals surface area contributed by atoms with Gasteiger partial charge in [-0.25, -0.2) is 8.78 Å². The van der Waals surface area contributed by atoms with Crippen LogP contribution in [0.4, 0.5) is 22.0 Å². The number of aliphatic hydroxyl groups is 1. The molecule has 0 aliphatic carbocycles. The maximum absolute atomic E-state index is 14.2. The number of rotatable bonds is 11. The quantitative estimate of drug-likeness (QED) is 0.247. The molecule has 3 aromatic rings. The first-order valence-electron chi connectivity index (χ1n) is 12.6. The van der Waals surface area contributed by atoms with Crippen LogP contribution >= 0.6 is 0 Å². The van der Waals surface area contributed by atoms with Crippen LogP contribution < -0.4 is 10.6 Å². The van der Waals surface area contributed by atoms with Crippen molar-refractivity contribution in [1.29, 1.82) is 5.26 Å². The van der Waals surface area contributed by atoms with Gasteiger partial charge in [0, 0.05) is 6.42 Å². The van der Waals surface area contributed by atoms with Gasteiger partial charge in [0.1, 0.15) is 18.2 Å². The maximum Gasteiger partial charge on any atom is 0.407 e. The summed E-state index contributed by atoms with van der Waals surface area (Å²) in [6.45, 7) is 3.22. The lowest BCUT2D eigenvalue weighted by molar-refractivity contribution is -0.161. The fourth-order valence-electron chi connectivity index (χ4n) is 4.26. The molecule has 40 heavy (non-hydrogen) atoms. The standard InChI is InChI=1S/C30H30F5N3O2/c1-18(2)25(29(40)37-24(17-36)16-19-6-4-3-5-7-19)38-27(30(33,34)35)23-14-10-21(11-15-23)20-8-12-22(13-9-20)26(39)28(31)32/h3-15,18,24-28,38-39H,16H2,1-2H3,(H,37,40)/t24?,25-,26+,27-/m0/s1. The Bertz CT molecular complexity index is 1270. The monoisotopic (exact) mass is 559 g/mol. The van der Waals surface area contributed by atoms with E-state index in [9.17, 15) is 37.1 Å². The van der Waals surface area contributed by atoms with Gasteiger partial charge in [0.2, 0.25) is 5.91 Å². The molecule has 1 unspecified atom stereocenters. The molecule has 212 valence electrons. The highest BCUT2D eigenvalue weighted by Crippen LogP contribution is 2.35. The highest BCUT2D eigenvalue weighted by molar-refractivity contribution is 5.82. The molecule has 0 saturated heterocycles. The van der Waals surface area contributed by atoms with Gasteiger partial charge in [-0.3, -0.25) is 10.1 Å². The summed E-state index contributed by atoms with van der Waals surface area (Å²) in [5.41, 5.74) is 1.81. The Hall–Kier alpha value is -3.81. The molecule has 0 fully saturated rings. The van der Waals surface area contributed by atoms with E-state index in [4.69, 9.17) is 0 Å². The van der Waals surface area contributed by atoms with E-state index in [0.29, 0.717) is 11.1 Å². The second-order valence-corrected chi connectivity index (χ2v) is 9.77. The lowest BCUT2D eigenvalue weighted by Crippen LogP contribution is -2.53. The van der Waals surface area contributed by atoms with Gasteiger partial charge in [-0.15, -0.1) is 0 Å². The van der Waals surface area contributed by atoms with Crippen LogP contribution in [0.2, 0.25) is 0 Å². The first-order chi connectivity index (χ1) is 18.9. The number of carbonyl (C=O) groups excluding carboxylic acids is 1. The molecule has 3 aromatic carbocycles. The lowest BCUT2D eigenvalue weighted by atomic mass is 9.96. The first kappa shape index (κ1) is 30.7. The fourth-order valence-corrected chi connectivity index (χ4v) is 4.26. The molecule has 3 rings (SSSR count). The molecule has 3 N–H and O–H groups in total. The van der Waals surface area contributed by atoms with Crippen LogP contribution in [-0.4, -0.2) is 35.7 Å². The highest BCUT2D eigenvalue weighted by Gasteiger charge is 2.43. The zero-order chi connectivity index (χ0) is 29.4. The van der Waals surface area contributed by atoms with Crippen molar-refractivity contribution in [2.24, 2.45) is 5.92 Å². The van der Waals surface area contributed by atoms with Crippen molar-refractivity contribution in [2.45, 2.75) is 57.1 Å². The van der Waals surface area contributed by atoms with E-state index in [-0.39, 0.29) is 17.5 Å². The van der Waals surface area contributed by atoms with Crippen LogP contribution in [0.25, 0.3) is 11.1 Å². The minimum atomic E-state index is -4.74. The van der Waals surface area contributed by atoms with Crippen molar-refractivity contribution in [3.05, 3.63) is 95.6 Å². The molecule has 0 aliphatic heterocycles. The van der Waals surface area contributed by atoms with E-state index >= 15 is 0 Å². The van der Waals surface area contributed by atoms with E-state index in [1.165, 1.54) is 48.5 Å². The average molecular weight is 560 g/mol. The predicted molar refractivity (Wildman–Crippen MR) is 141 cm³/mol. The Balaban J connectivity index is 1.78. The van der Waals surface area contributed by atoms with Crippen molar-refractivity contribution in [3.63, 3.8) is 0 Å². The van der Waals surface area contributed by atoms with E-state index in [1.54, 1.807) is 38.1 Å². The third-order valence-electron chi connectivity index (χ3n) is 6.45. The minimum Gasteiger partial charge on any atom is -0.382 e. The van der Waals surface area contributed by atoms with Gasteiger partial charge in [-0.1, -0.05) is 92.7 Å². The van der Waals surface area contributed by atoms with Crippen LogP contribution in [-0.2, 0) is 11.2 Å². The molecule has 5 nitrogen and oxygen atoms in total. The number of amides is 1. The third kappa shape index (κ3) is 8.10. The number of hydrogen-bond donors (Lipinski definition) is 3. The van der Waals surface area contributed by atoms with Gasteiger partial charge < -0.3 is 10.4 Å². The Morgan fingerprint density at radius 2 is 1.43 bits per heavy atom. The van der Waals surface area contributed by atoms with E-state index in [0.717, 1.165) is 5.56 Å². The Morgan fingerprint density at radius 3 is 1.88 bits per heavy atom. The summed E-state index contributed by atoms with van der Waals surface area (Å²) >= 11 is 0. The molecular weight excluding hydrogens is 529 g/mol. The molecule has 0 bridgehead atoms. The maximum atomic E-state index is 14.2. The summed E-state index contributed by atoms with van der Waals surface area (Å²) in [7, 11) is 0. The molecule has 4 atom stereocenters. The molecule has 1 amide bonds. The molecule has 0 heterocycles. The van der Waals surface area contributed by atoms with Gasteiger partial charge in [0.15, 0.2) is 0 Å². The number of nitrogens with zero attached hydrogens (tertiary/aromatic N) is 1. The predicted octanol–water partition coefficient (Wildman–Crippen LogP) is 6.12. The summed E-state index contributed by atoms with van der Waals surface area (Å²) in [4.78, 5) is 13.0. The first-order valence-corrected chi connectivity index (χ1v) is 12.6. The summed E-state index contributed by atoms with van der Waals surface area (Å²) in [6.07, 6.45) is -9.40. The lowest BCUT2D eigenvalue weighted by Gasteiger charge is -2.30. The van der Waals surface area contributed by atoms with Crippen molar-refractivity contribution >= 4 is 5.91 Å². The van der Waals surface area contributed by atoms with Gasteiger partial charge in [-0.2, -0.15) is 18.4 Å². The number of benzene rings is 3. The summed E-state index contributed by atoms with van der Waals surface area (Å²) in [5, 5.41) is 24.0. The van der Waals surface area contributed by atoms with E-state index in [2.05, 4.69) is 10.6 Å². The van der Waals surface area contributed by atoms with Crippen molar-refractivity contribution in [3.8, 4) is 17.2 Å². The fraction of sp³-hybridized carbons (Fsp3) is 0.333. The number of halogens is 5. The number of aliphatic hydroxyl groups excluding tert-OH is 1. The average Bonchev–Trinajstić information content (AvgIpc) is 2.92. The molecular formula is C30H30F5N3O2. The Morgan fingerprint density at radius 1 is 0.900 bits per heavy atom. The van der Waals surface area contributed by atoms with E-state index in [1.807, 2.05) is 12.1 Å². The SMILES string of the molecule is CC(C)[C@H](N[C@@H](c1ccc(-c2ccc([C@@H](O)C(F)F)cc2)cc1)C(F)(F)F)C(=O)NC(C#N)Cc1ccccc1. The second-order valence-electron chi connectivity index (χ2n) is 9.77. The van der Waals surface area contributed by atoms with Crippen LogP contribution in [0.5, 0.6) is 0 Å². The summed E-state index contributed by atoms with van der Waals surface area (Å²) < 4.78 is 68.0. The topological polar surface area (TPSA) is 85.2 Å². The second kappa shape index (κ2) is 13.5. The zero-order valence-corrected chi connectivity index (χ0v) is 21.9. The number of hydrogen-bond acceptors (Lipinski definition) is 4. The number of carbonyl (C=O) groups is 1. The highest BCUT2D eigenvalue weighted by atomic mass is 19.4. The number of alkyl halides is 5. The van der Waals surface area contributed by atoms with Crippen molar-refractivity contribution in [2.75, 3.05) is 0 Å². The van der Waals surface area contributed by atoms with Gasteiger partial charge >= 0.3 is 6.18 Å². The summed E-state index contributed by atoms with van der Waals surface area (Å²) in [5.74, 6) is -1.24. The van der Waals surface area contributed by atoms with Crippen molar-refractivity contribution < 1.29 is 31.9 Å². The van der Waals surface area contributed by atoms with Gasteiger partial charge in [-0.05, 0) is 33.7 Å². The number of nitrogens with one attached hydrogen (secondary N) is 2. The van der Waals surface area contributed by atoms with Crippen LogP contribution in [0, 0.1) is 17.2 Å². The molecule has 0 spiro atoms. The van der Waals surface area contributed by atoms with Crippen LogP contribution in [0.1, 0.15) is 42.7 Å². The van der Waals surface area contributed by atoms with Gasteiger partial charge in [0.25, 0.3) is 6.43 Å². The van der Waals surface area contributed by atoms with Crippen LogP contribution in [0.3, 0.4) is 0 Å². The molecule has 0 aromatic heterocycles. The van der Waals surface area contributed by atoms with E-state index < -0.39 is 48.7 Å². The zero-order valence-electron chi connectivity index (χ0n) is 21.9. The molecule has 0 radical (unpaired) electrons. The normalized spacial score (nSPS) is 14.8. The van der Waals surface area contributed by atoms with Crippen LogP contribution in [0.15, 0.2) is 78.9 Å². The Kier molecular flexibility index (Phi) is 10.4. The van der Waals surface area contributed by atoms with Gasteiger partial charge in [0.05, 0.1) is 12.1 Å². The molecule has 10 heteroatoms. The Labute approximate surface area is 229 Å². The largest absolute Gasteiger partial charge is 0.407 e.